The first-order chi connectivity index (χ1) is 10.9. The number of para-hydroxylation sites is 1. The summed E-state index contributed by atoms with van der Waals surface area (Å²) < 4.78 is 39.3. The lowest BCUT2D eigenvalue weighted by Crippen LogP contribution is -2.11. The minimum Gasteiger partial charge on any atom is -0.382 e. The molecule has 0 aliphatic heterocycles. The van der Waals surface area contributed by atoms with E-state index in [2.05, 4.69) is 9.97 Å². The number of hydrogen-bond acceptors (Lipinski definition) is 3. The van der Waals surface area contributed by atoms with Crippen molar-refractivity contribution in [3.63, 3.8) is 0 Å². The molecule has 0 aliphatic rings. The van der Waals surface area contributed by atoms with Crippen molar-refractivity contribution in [1.29, 1.82) is 0 Å². The Morgan fingerprint density at radius 2 is 1.87 bits per heavy atom. The number of benzene rings is 1. The molecule has 2 aromatic heterocycles. The van der Waals surface area contributed by atoms with Gasteiger partial charge in [-0.2, -0.15) is 13.2 Å². The Morgan fingerprint density at radius 1 is 1.09 bits per heavy atom. The standard InChI is InChI=1S/C16H10ClF3N2O/c17-11-5-3-4-9-10(15(23)12-6-1-2-7-21-12)8-13(16(18,19)20)22-14(9)11/h1-8,15,23H. The van der Waals surface area contributed by atoms with Crippen molar-refractivity contribution in [1.82, 2.24) is 9.97 Å². The number of halogens is 4. The number of aliphatic hydroxyl groups excluding tert-OH is 1. The van der Waals surface area contributed by atoms with E-state index in [0.29, 0.717) is 5.39 Å². The van der Waals surface area contributed by atoms with Gasteiger partial charge >= 0.3 is 6.18 Å². The summed E-state index contributed by atoms with van der Waals surface area (Å²) in [5.41, 5.74) is -0.811. The third-order valence-electron chi connectivity index (χ3n) is 3.38. The van der Waals surface area contributed by atoms with Gasteiger partial charge in [-0.05, 0) is 29.8 Å². The molecule has 1 unspecified atom stereocenters. The molecular formula is C16H10ClF3N2O. The number of fused-ring (bicyclic) bond motifs is 1. The van der Waals surface area contributed by atoms with E-state index in [1.54, 1.807) is 24.3 Å². The molecule has 0 saturated carbocycles. The van der Waals surface area contributed by atoms with E-state index in [4.69, 9.17) is 11.6 Å². The van der Waals surface area contributed by atoms with Crippen LogP contribution in [0, 0.1) is 0 Å². The van der Waals surface area contributed by atoms with E-state index in [9.17, 15) is 18.3 Å². The summed E-state index contributed by atoms with van der Waals surface area (Å²) in [6, 6.07) is 10.3. The van der Waals surface area contributed by atoms with Gasteiger partial charge in [0.05, 0.1) is 16.2 Å². The van der Waals surface area contributed by atoms with Crippen molar-refractivity contribution in [2.75, 3.05) is 0 Å². The van der Waals surface area contributed by atoms with Crippen molar-refractivity contribution in [3.05, 3.63) is 70.6 Å². The Hall–Kier alpha value is -2.18. The van der Waals surface area contributed by atoms with E-state index in [1.165, 1.54) is 18.3 Å². The summed E-state index contributed by atoms with van der Waals surface area (Å²) in [7, 11) is 0. The number of rotatable bonds is 2. The highest BCUT2D eigenvalue weighted by Gasteiger charge is 2.34. The van der Waals surface area contributed by atoms with Gasteiger partial charge in [-0.15, -0.1) is 0 Å². The summed E-state index contributed by atoms with van der Waals surface area (Å²) in [5.74, 6) is 0. The van der Waals surface area contributed by atoms with Crippen LogP contribution >= 0.6 is 11.6 Å². The number of hydrogen-bond donors (Lipinski definition) is 1. The molecule has 118 valence electrons. The van der Waals surface area contributed by atoms with Crippen LogP contribution in [0.4, 0.5) is 13.2 Å². The normalized spacial score (nSPS) is 13.3. The van der Waals surface area contributed by atoms with Crippen molar-refractivity contribution >= 4 is 22.5 Å². The molecule has 23 heavy (non-hydrogen) atoms. The zero-order chi connectivity index (χ0) is 16.6. The largest absolute Gasteiger partial charge is 0.433 e. The van der Waals surface area contributed by atoms with Crippen LogP contribution in [-0.2, 0) is 6.18 Å². The van der Waals surface area contributed by atoms with Crippen molar-refractivity contribution < 1.29 is 18.3 Å². The number of aliphatic hydroxyl groups is 1. The summed E-state index contributed by atoms with van der Waals surface area (Å²) in [6.45, 7) is 0. The molecule has 0 aliphatic carbocycles. The van der Waals surface area contributed by atoms with Gasteiger partial charge in [0.15, 0.2) is 0 Å². The SMILES string of the molecule is OC(c1ccccn1)c1cc(C(F)(F)F)nc2c(Cl)cccc12. The molecule has 0 radical (unpaired) electrons. The second-order valence-electron chi connectivity index (χ2n) is 4.89. The Kier molecular flexibility index (Phi) is 3.95. The molecule has 0 spiro atoms. The maximum atomic E-state index is 13.1. The number of pyridine rings is 2. The summed E-state index contributed by atoms with van der Waals surface area (Å²) in [6.07, 6.45) is -4.51. The number of alkyl halides is 3. The van der Waals surface area contributed by atoms with Crippen LogP contribution in [0.15, 0.2) is 48.7 Å². The Bertz CT molecular complexity index is 853. The van der Waals surface area contributed by atoms with Crippen LogP contribution < -0.4 is 0 Å². The average Bonchev–Trinajstić information content (AvgIpc) is 2.54. The Morgan fingerprint density at radius 3 is 2.52 bits per heavy atom. The van der Waals surface area contributed by atoms with Gasteiger partial charge in [-0.1, -0.05) is 29.8 Å². The van der Waals surface area contributed by atoms with Gasteiger partial charge in [0.2, 0.25) is 0 Å². The Balaban J connectivity index is 2.28. The predicted octanol–water partition coefficient (Wildman–Crippen LogP) is 4.38. The highest BCUT2D eigenvalue weighted by Crippen LogP contribution is 2.36. The monoisotopic (exact) mass is 338 g/mol. The third kappa shape index (κ3) is 3.00. The van der Waals surface area contributed by atoms with Crippen molar-refractivity contribution in [3.8, 4) is 0 Å². The molecule has 1 N–H and O–H groups in total. The van der Waals surface area contributed by atoms with Crippen LogP contribution in [0.3, 0.4) is 0 Å². The lowest BCUT2D eigenvalue weighted by molar-refractivity contribution is -0.141. The third-order valence-corrected chi connectivity index (χ3v) is 3.68. The van der Waals surface area contributed by atoms with Gasteiger partial charge in [-0.25, -0.2) is 4.98 Å². The summed E-state index contributed by atoms with van der Waals surface area (Å²) >= 11 is 5.97. The molecule has 0 fully saturated rings. The topological polar surface area (TPSA) is 46.0 Å². The molecule has 1 atom stereocenters. The zero-order valence-electron chi connectivity index (χ0n) is 11.5. The van der Waals surface area contributed by atoms with Crippen LogP contribution in [0.25, 0.3) is 10.9 Å². The van der Waals surface area contributed by atoms with E-state index < -0.39 is 18.0 Å². The van der Waals surface area contributed by atoms with Crippen LogP contribution in [0.5, 0.6) is 0 Å². The first-order valence-corrected chi connectivity index (χ1v) is 7.01. The predicted molar refractivity (Wildman–Crippen MR) is 80.1 cm³/mol. The Labute approximate surface area is 134 Å². The molecule has 0 amide bonds. The molecule has 3 nitrogen and oxygen atoms in total. The lowest BCUT2D eigenvalue weighted by atomic mass is 10.00. The first kappa shape index (κ1) is 15.7. The van der Waals surface area contributed by atoms with E-state index in [-0.39, 0.29) is 21.8 Å². The molecular weight excluding hydrogens is 329 g/mol. The van der Waals surface area contributed by atoms with E-state index in [1.807, 2.05) is 0 Å². The molecule has 1 aromatic carbocycles. The summed E-state index contributed by atoms with van der Waals surface area (Å²) in [5, 5.41) is 10.9. The van der Waals surface area contributed by atoms with Crippen LogP contribution in [-0.4, -0.2) is 15.1 Å². The van der Waals surface area contributed by atoms with Crippen molar-refractivity contribution in [2.45, 2.75) is 12.3 Å². The van der Waals surface area contributed by atoms with Gasteiger partial charge in [0.1, 0.15) is 11.8 Å². The fourth-order valence-corrected chi connectivity index (χ4v) is 2.52. The molecule has 3 aromatic rings. The fourth-order valence-electron chi connectivity index (χ4n) is 2.31. The van der Waals surface area contributed by atoms with Gasteiger partial charge in [0, 0.05) is 11.6 Å². The smallest absolute Gasteiger partial charge is 0.382 e. The number of aromatic nitrogens is 2. The minimum absolute atomic E-state index is 0.00558. The minimum atomic E-state index is -4.65. The second kappa shape index (κ2) is 5.79. The van der Waals surface area contributed by atoms with Crippen LogP contribution in [0.1, 0.15) is 23.1 Å². The van der Waals surface area contributed by atoms with Gasteiger partial charge in [0.25, 0.3) is 0 Å². The first-order valence-electron chi connectivity index (χ1n) is 6.63. The maximum absolute atomic E-state index is 13.1. The molecule has 0 saturated heterocycles. The van der Waals surface area contributed by atoms with E-state index >= 15 is 0 Å². The quantitative estimate of drug-likeness (QED) is 0.754. The molecule has 2 heterocycles. The average molecular weight is 339 g/mol. The highest BCUT2D eigenvalue weighted by atomic mass is 35.5. The second-order valence-corrected chi connectivity index (χ2v) is 5.29. The number of nitrogens with zero attached hydrogens (tertiary/aromatic N) is 2. The zero-order valence-corrected chi connectivity index (χ0v) is 12.3. The maximum Gasteiger partial charge on any atom is 0.433 e. The van der Waals surface area contributed by atoms with Crippen LogP contribution in [0.2, 0.25) is 5.02 Å². The highest BCUT2D eigenvalue weighted by molar-refractivity contribution is 6.35. The van der Waals surface area contributed by atoms with Gasteiger partial charge in [-0.3, -0.25) is 4.98 Å². The summed E-state index contributed by atoms with van der Waals surface area (Å²) in [4.78, 5) is 7.59. The lowest BCUT2D eigenvalue weighted by Gasteiger charge is -2.16. The van der Waals surface area contributed by atoms with Gasteiger partial charge < -0.3 is 5.11 Å². The molecule has 0 bridgehead atoms. The fraction of sp³-hybridized carbons (Fsp3) is 0.125. The molecule has 3 rings (SSSR count). The van der Waals surface area contributed by atoms with Crippen molar-refractivity contribution in [2.24, 2.45) is 0 Å². The molecule has 7 heteroatoms. The van der Waals surface area contributed by atoms with E-state index in [0.717, 1.165) is 6.07 Å².